The molecule has 0 aliphatic heterocycles. The Morgan fingerprint density at radius 3 is 1.50 bits per heavy atom. The molecule has 0 bridgehead atoms. The van der Waals surface area contributed by atoms with Gasteiger partial charge in [-0.2, -0.15) is 6.42 Å². The van der Waals surface area contributed by atoms with Crippen molar-refractivity contribution in [3.05, 3.63) is 6.92 Å². The molecule has 0 atom stereocenters. The first-order valence-corrected chi connectivity index (χ1v) is 7.72. The SMILES string of the molecule is NC(=S)[S-].[CH2-]CCCCCCCCCCCC.[Zn+2]. The van der Waals surface area contributed by atoms with Gasteiger partial charge in [-0.3, -0.25) is 0 Å². The molecule has 104 valence electrons. The fraction of sp³-hybridized carbons (Fsp3) is 0.857. The quantitative estimate of drug-likeness (QED) is 0.201. The minimum absolute atomic E-state index is 0. The molecule has 0 aliphatic rings. The fourth-order valence-electron chi connectivity index (χ4n) is 1.66. The number of unbranched alkanes of at least 4 members (excludes halogenated alkanes) is 10. The first-order chi connectivity index (χ1) is 8.15. The Labute approximate surface area is 138 Å². The van der Waals surface area contributed by atoms with Crippen molar-refractivity contribution in [2.75, 3.05) is 0 Å². The monoisotopic (exact) mass is 339 g/mol. The fourth-order valence-corrected chi connectivity index (χ4v) is 1.66. The maximum absolute atomic E-state index is 4.66. The summed E-state index contributed by atoms with van der Waals surface area (Å²) in [5.41, 5.74) is 4.66. The van der Waals surface area contributed by atoms with Crippen LogP contribution in [-0.2, 0) is 32.1 Å². The topological polar surface area (TPSA) is 26.0 Å². The molecule has 0 aliphatic carbocycles. The van der Waals surface area contributed by atoms with Crippen molar-refractivity contribution >= 4 is 29.2 Å². The minimum Gasteiger partial charge on any atom is -0.415 e. The van der Waals surface area contributed by atoms with Crippen LogP contribution >= 0.6 is 12.2 Å². The zero-order chi connectivity index (χ0) is 13.4. The minimum atomic E-state index is 0. The Balaban J connectivity index is -0.000000392. The summed E-state index contributed by atoms with van der Waals surface area (Å²) >= 11 is 8.26. The molecule has 0 radical (unpaired) electrons. The van der Waals surface area contributed by atoms with Crippen LogP contribution in [-0.4, -0.2) is 4.32 Å². The molecule has 0 aromatic carbocycles. The van der Waals surface area contributed by atoms with Crippen molar-refractivity contribution in [1.29, 1.82) is 0 Å². The summed E-state index contributed by atoms with van der Waals surface area (Å²) in [5.74, 6) is 0. The van der Waals surface area contributed by atoms with Gasteiger partial charge >= 0.3 is 19.5 Å². The van der Waals surface area contributed by atoms with E-state index in [4.69, 9.17) is 0 Å². The molecule has 1 nitrogen and oxygen atoms in total. The summed E-state index contributed by atoms with van der Waals surface area (Å²) in [4.78, 5) is 0. The molecule has 0 spiro atoms. The molecular weight excluding hydrogens is 312 g/mol. The van der Waals surface area contributed by atoms with Crippen LogP contribution in [0.5, 0.6) is 0 Å². The van der Waals surface area contributed by atoms with Gasteiger partial charge in [0.2, 0.25) is 0 Å². The van der Waals surface area contributed by atoms with Crippen molar-refractivity contribution in [3.8, 4) is 0 Å². The number of nitrogens with two attached hydrogens (primary N) is 1. The van der Waals surface area contributed by atoms with Crippen molar-refractivity contribution in [1.82, 2.24) is 0 Å². The number of rotatable bonds is 10. The van der Waals surface area contributed by atoms with Crippen molar-refractivity contribution in [2.45, 2.75) is 77.6 Å². The van der Waals surface area contributed by atoms with Crippen LogP contribution in [0.25, 0.3) is 0 Å². The van der Waals surface area contributed by atoms with Crippen molar-refractivity contribution in [2.24, 2.45) is 5.73 Å². The van der Waals surface area contributed by atoms with E-state index in [1.54, 1.807) is 0 Å². The van der Waals surface area contributed by atoms with E-state index in [1.165, 1.54) is 64.2 Å². The van der Waals surface area contributed by atoms with E-state index in [0.29, 0.717) is 0 Å². The van der Waals surface area contributed by atoms with E-state index >= 15 is 0 Å². The molecule has 4 heteroatoms. The molecule has 0 rings (SSSR count). The van der Waals surface area contributed by atoms with Gasteiger partial charge in [-0.25, -0.2) is 0 Å². The summed E-state index contributed by atoms with van der Waals surface area (Å²) in [7, 11) is 0. The maximum atomic E-state index is 4.66. The van der Waals surface area contributed by atoms with Crippen molar-refractivity contribution < 1.29 is 19.5 Å². The zero-order valence-electron chi connectivity index (χ0n) is 12.1. The summed E-state index contributed by atoms with van der Waals surface area (Å²) in [6.07, 6.45) is 15.4. The number of hydrogen-bond donors (Lipinski definition) is 1. The summed E-state index contributed by atoms with van der Waals surface area (Å²) < 4.78 is 0.0833. The van der Waals surface area contributed by atoms with E-state index in [9.17, 15) is 0 Å². The molecular formula is C14H29NS2Zn. The number of hydrogen-bond acceptors (Lipinski definition) is 2. The van der Waals surface area contributed by atoms with E-state index < -0.39 is 0 Å². The predicted molar refractivity (Wildman–Crippen MR) is 86.0 cm³/mol. The second-order valence-corrected chi connectivity index (χ2v) is 5.49. The third kappa shape index (κ3) is 36.0. The van der Waals surface area contributed by atoms with Crippen LogP contribution in [0.2, 0.25) is 0 Å². The Hall–Kier alpha value is 0.733. The molecule has 0 unspecified atom stereocenters. The Kier molecular flexibility index (Phi) is 30.2. The van der Waals surface area contributed by atoms with Crippen LogP contribution < -0.4 is 5.73 Å². The molecule has 2 N–H and O–H groups in total. The molecule has 0 heterocycles. The van der Waals surface area contributed by atoms with Crippen LogP contribution in [0, 0.1) is 6.92 Å². The zero-order valence-corrected chi connectivity index (χ0v) is 16.7. The smallest absolute Gasteiger partial charge is 0.415 e. The van der Waals surface area contributed by atoms with Crippen LogP contribution in [0.4, 0.5) is 0 Å². The molecule has 0 aromatic rings. The number of thiocarbonyl (C=S) groups is 1. The second-order valence-electron chi connectivity index (χ2n) is 4.35. The first kappa shape index (κ1) is 23.8. The third-order valence-electron chi connectivity index (χ3n) is 2.60. The van der Waals surface area contributed by atoms with Gasteiger partial charge in [0, 0.05) is 0 Å². The van der Waals surface area contributed by atoms with Crippen LogP contribution in [0.15, 0.2) is 0 Å². The van der Waals surface area contributed by atoms with Gasteiger partial charge in [0.15, 0.2) is 0 Å². The van der Waals surface area contributed by atoms with E-state index in [1.807, 2.05) is 0 Å². The average Bonchev–Trinajstić information content (AvgIpc) is 2.26. The Morgan fingerprint density at radius 1 is 0.944 bits per heavy atom. The Morgan fingerprint density at radius 2 is 1.22 bits per heavy atom. The third-order valence-corrected chi connectivity index (χ3v) is 2.60. The van der Waals surface area contributed by atoms with Gasteiger partial charge < -0.3 is 37.5 Å². The summed E-state index contributed by atoms with van der Waals surface area (Å²) in [5, 5.41) is 0. The van der Waals surface area contributed by atoms with E-state index in [-0.39, 0.29) is 23.8 Å². The van der Waals surface area contributed by atoms with E-state index in [2.05, 4.69) is 44.4 Å². The first-order valence-electron chi connectivity index (χ1n) is 6.90. The molecule has 0 saturated carbocycles. The summed E-state index contributed by atoms with van der Waals surface area (Å²) in [6.45, 7) is 6.13. The maximum Gasteiger partial charge on any atom is 2.00 e. The molecule has 0 amide bonds. The van der Waals surface area contributed by atoms with E-state index in [0.717, 1.165) is 6.42 Å². The normalized spacial score (nSPS) is 9.00. The van der Waals surface area contributed by atoms with Crippen LogP contribution in [0.1, 0.15) is 77.6 Å². The predicted octanol–water partition coefficient (Wildman–Crippen LogP) is 4.91. The van der Waals surface area contributed by atoms with Gasteiger partial charge in [-0.15, -0.1) is 0 Å². The molecule has 18 heavy (non-hydrogen) atoms. The second kappa shape index (κ2) is 22.9. The molecule has 0 fully saturated rings. The van der Waals surface area contributed by atoms with Gasteiger partial charge in [-0.1, -0.05) is 75.5 Å². The van der Waals surface area contributed by atoms with Crippen LogP contribution in [0.3, 0.4) is 0 Å². The van der Waals surface area contributed by atoms with Gasteiger partial charge in [0.05, 0.1) is 0 Å². The average molecular weight is 341 g/mol. The summed E-state index contributed by atoms with van der Waals surface area (Å²) in [6, 6.07) is 0. The van der Waals surface area contributed by atoms with Gasteiger partial charge in [0.25, 0.3) is 0 Å². The van der Waals surface area contributed by atoms with Gasteiger partial charge in [-0.05, 0) is 0 Å². The van der Waals surface area contributed by atoms with Crippen molar-refractivity contribution in [3.63, 3.8) is 0 Å². The molecule has 0 saturated heterocycles. The Bertz CT molecular complexity index is 141. The molecule has 0 aromatic heterocycles. The largest absolute Gasteiger partial charge is 2.00 e. The van der Waals surface area contributed by atoms with Gasteiger partial charge in [0.1, 0.15) is 0 Å². The standard InChI is InChI=1S/C13H27.CH3NS2.Zn/c1-3-5-7-9-11-13-12-10-8-6-4-2;2-1(3)4;/h1,3-13H2,2H3;(H3,2,3,4);/q-1;;+2/p-1.